The molecule has 3 heteroatoms. The second-order valence-electron chi connectivity index (χ2n) is 6.47. The van der Waals surface area contributed by atoms with Crippen molar-refractivity contribution in [3.8, 4) is 5.75 Å². The molecule has 0 fully saturated rings. The molecular formula is C23H17NO2. The molecule has 0 aliphatic carbocycles. The molecule has 0 amide bonds. The first-order valence-corrected chi connectivity index (χ1v) is 8.80. The number of ketones is 1. The van der Waals surface area contributed by atoms with Crippen molar-refractivity contribution in [1.82, 2.24) is 4.57 Å². The molecule has 26 heavy (non-hydrogen) atoms. The summed E-state index contributed by atoms with van der Waals surface area (Å²) in [5.41, 5.74) is 4.03. The first-order chi connectivity index (χ1) is 12.8. The van der Waals surface area contributed by atoms with Gasteiger partial charge in [-0.15, -0.1) is 0 Å². The highest BCUT2D eigenvalue weighted by atomic mass is 16.5. The van der Waals surface area contributed by atoms with E-state index in [1.807, 2.05) is 30.3 Å². The number of aryl methyl sites for hydroxylation is 1. The van der Waals surface area contributed by atoms with Crippen molar-refractivity contribution < 1.29 is 9.53 Å². The van der Waals surface area contributed by atoms with Crippen LogP contribution in [0.25, 0.3) is 27.9 Å². The molecule has 0 bridgehead atoms. The van der Waals surface area contributed by atoms with E-state index >= 15 is 0 Å². The predicted octanol–water partition coefficient (Wildman–Crippen LogP) is 5.43. The largest absolute Gasteiger partial charge is 0.452 e. The van der Waals surface area contributed by atoms with E-state index in [4.69, 9.17) is 4.74 Å². The minimum Gasteiger partial charge on any atom is -0.452 e. The maximum Gasteiger partial charge on any atom is 0.231 e. The maximum absolute atomic E-state index is 12.5. The lowest BCUT2D eigenvalue weighted by molar-refractivity contribution is 0.101. The highest BCUT2D eigenvalue weighted by Crippen LogP contribution is 2.33. The van der Waals surface area contributed by atoms with Crippen LogP contribution in [0, 0.1) is 0 Å². The Kier molecular flexibility index (Phi) is 3.22. The van der Waals surface area contributed by atoms with Gasteiger partial charge in [0.2, 0.25) is 5.78 Å². The Labute approximate surface area is 151 Å². The Morgan fingerprint density at radius 2 is 1.69 bits per heavy atom. The van der Waals surface area contributed by atoms with Crippen LogP contribution in [0.15, 0.2) is 72.5 Å². The molecule has 0 unspecified atom stereocenters. The standard InChI is InChI=1S/C23H17NO2/c1-2-24-19-9-5-3-7-16(19)18-13-15(11-12-20(18)24)14-22-23(25)17-8-4-6-10-21(17)26-22/h3-14H,2H2,1H3. The van der Waals surface area contributed by atoms with E-state index in [1.54, 1.807) is 6.07 Å². The van der Waals surface area contributed by atoms with E-state index < -0.39 is 0 Å². The summed E-state index contributed by atoms with van der Waals surface area (Å²) in [4.78, 5) is 12.5. The zero-order chi connectivity index (χ0) is 17.7. The molecule has 3 nitrogen and oxygen atoms in total. The fourth-order valence-corrected chi connectivity index (χ4v) is 3.79. The van der Waals surface area contributed by atoms with E-state index in [0.29, 0.717) is 17.1 Å². The fraction of sp³-hybridized carbons (Fsp3) is 0.0870. The minimum absolute atomic E-state index is 0.0586. The summed E-state index contributed by atoms with van der Waals surface area (Å²) in [6.45, 7) is 3.07. The van der Waals surface area contributed by atoms with Crippen molar-refractivity contribution in [2.45, 2.75) is 13.5 Å². The van der Waals surface area contributed by atoms with Gasteiger partial charge in [-0.05, 0) is 48.9 Å². The minimum atomic E-state index is -0.0586. The Morgan fingerprint density at radius 3 is 2.54 bits per heavy atom. The third-order valence-electron chi connectivity index (χ3n) is 4.99. The molecule has 0 spiro atoms. The number of carbonyl (C=O) groups excluding carboxylic acids is 1. The molecule has 0 N–H and O–H groups in total. The van der Waals surface area contributed by atoms with Gasteiger partial charge in [-0.2, -0.15) is 0 Å². The van der Waals surface area contributed by atoms with Gasteiger partial charge in [0.05, 0.1) is 5.56 Å². The molecule has 0 atom stereocenters. The summed E-state index contributed by atoms with van der Waals surface area (Å²) >= 11 is 0. The first kappa shape index (κ1) is 15.0. The number of para-hydroxylation sites is 2. The van der Waals surface area contributed by atoms with Crippen LogP contribution in [0.4, 0.5) is 0 Å². The van der Waals surface area contributed by atoms with Gasteiger partial charge in [-0.25, -0.2) is 0 Å². The monoisotopic (exact) mass is 339 g/mol. The Hall–Kier alpha value is -3.33. The average Bonchev–Trinajstić information content (AvgIpc) is 3.17. The van der Waals surface area contributed by atoms with Gasteiger partial charge in [0.15, 0.2) is 5.76 Å². The number of ether oxygens (including phenoxy) is 1. The quantitative estimate of drug-likeness (QED) is 0.456. The number of rotatable bonds is 2. The molecule has 1 aromatic heterocycles. The zero-order valence-corrected chi connectivity index (χ0v) is 14.4. The van der Waals surface area contributed by atoms with Crippen molar-refractivity contribution >= 4 is 33.7 Å². The van der Waals surface area contributed by atoms with Crippen LogP contribution in [-0.2, 0) is 6.54 Å². The highest BCUT2D eigenvalue weighted by molar-refractivity contribution is 6.15. The molecule has 1 aliphatic rings. The molecular weight excluding hydrogens is 322 g/mol. The second-order valence-corrected chi connectivity index (χ2v) is 6.47. The van der Waals surface area contributed by atoms with Crippen LogP contribution in [0.5, 0.6) is 5.75 Å². The number of aromatic nitrogens is 1. The van der Waals surface area contributed by atoms with Crippen LogP contribution < -0.4 is 4.74 Å². The molecule has 5 rings (SSSR count). The van der Waals surface area contributed by atoms with E-state index in [-0.39, 0.29) is 5.78 Å². The molecule has 2 heterocycles. The molecule has 0 saturated heterocycles. The fourth-order valence-electron chi connectivity index (χ4n) is 3.79. The van der Waals surface area contributed by atoms with Gasteiger partial charge >= 0.3 is 0 Å². The van der Waals surface area contributed by atoms with Crippen molar-refractivity contribution in [2.24, 2.45) is 0 Å². The Morgan fingerprint density at radius 1 is 0.923 bits per heavy atom. The van der Waals surface area contributed by atoms with Crippen molar-refractivity contribution in [3.05, 3.63) is 83.6 Å². The number of hydrogen-bond donors (Lipinski definition) is 0. The average molecular weight is 339 g/mol. The summed E-state index contributed by atoms with van der Waals surface area (Å²) in [5.74, 6) is 0.953. The van der Waals surface area contributed by atoms with Gasteiger partial charge in [-0.1, -0.05) is 36.4 Å². The maximum atomic E-state index is 12.5. The number of carbonyl (C=O) groups is 1. The molecule has 1 aliphatic heterocycles. The lowest BCUT2D eigenvalue weighted by Gasteiger charge is -2.03. The lowest BCUT2D eigenvalue weighted by Crippen LogP contribution is -1.98. The summed E-state index contributed by atoms with van der Waals surface area (Å²) in [7, 11) is 0. The van der Waals surface area contributed by atoms with Crippen molar-refractivity contribution in [1.29, 1.82) is 0 Å². The Balaban J connectivity index is 1.65. The normalized spacial score (nSPS) is 15.0. The van der Waals surface area contributed by atoms with Crippen LogP contribution >= 0.6 is 0 Å². The number of allylic oxidation sites excluding steroid dienone is 1. The smallest absolute Gasteiger partial charge is 0.231 e. The van der Waals surface area contributed by atoms with Gasteiger partial charge in [-0.3, -0.25) is 4.79 Å². The lowest BCUT2D eigenvalue weighted by atomic mass is 10.1. The van der Waals surface area contributed by atoms with Crippen LogP contribution in [0.1, 0.15) is 22.8 Å². The van der Waals surface area contributed by atoms with Crippen LogP contribution in [0.3, 0.4) is 0 Å². The van der Waals surface area contributed by atoms with Gasteiger partial charge in [0.25, 0.3) is 0 Å². The van der Waals surface area contributed by atoms with E-state index in [0.717, 1.165) is 12.1 Å². The highest BCUT2D eigenvalue weighted by Gasteiger charge is 2.26. The SMILES string of the molecule is CCn1c2ccccc2c2cc(C=C3Oc4ccccc4C3=O)ccc21. The molecule has 126 valence electrons. The van der Waals surface area contributed by atoms with Gasteiger partial charge in [0.1, 0.15) is 5.75 Å². The van der Waals surface area contributed by atoms with E-state index in [2.05, 4.69) is 47.9 Å². The number of fused-ring (bicyclic) bond motifs is 4. The van der Waals surface area contributed by atoms with Crippen LogP contribution in [-0.4, -0.2) is 10.4 Å². The van der Waals surface area contributed by atoms with Crippen LogP contribution in [0.2, 0.25) is 0 Å². The number of nitrogens with zero attached hydrogens (tertiary/aromatic N) is 1. The Bertz CT molecular complexity index is 1210. The molecule has 3 aromatic carbocycles. The van der Waals surface area contributed by atoms with Crippen molar-refractivity contribution in [2.75, 3.05) is 0 Å². The molecule has 0 radical (unpaired) electrons. The number of Topliss-reactive ketones (excluding diaryl/α,β-unsaturated/α-hetero) is 1. The van der Waals surface area contributed by atoms with Gasteiger partial charge in [0, 0.05) is 28.4 Å². The number of benzene rings is 3. The second kappa shape index (κ2) is 5.60. The first-order valence-electron chi connectivity index (χ1n) is 8.80. The van der Waals surface area contributed by atoms with Crippen molar-refractivity contribution in [3.63, 3.8) is 0 Å². The summed E-state index contributed by atoms with van der Waals surface area (Å²) in [6, 6.07) is 22.1. The van der Waals surface area contributed by atoms with Gasteiger partial charge < -0.3 is 9.30 Å². The third kappa shape index (κ3) is 2.10. The number of hydrogen-bond acceptors (Lipinski definition) is 2. The molecule has 4 aromatic rings. The van der Waals surface area contributed by atoms with E-state index in [9.17, 15) is 4.79 Å². The summed E-state index contributed by atoms with van der Waals surface area (Å²) in [6.07, 6.45) is 1.83. The van der Waals surface area contributed by atoms with E-state index in [1.165, 1.54) is 21.8 Å². The zero-order valence-electron chi connectivity index (χ0n) is 14.4. The summed E-state index contributed by atoms with van der Waals surface area (Å²) < 4.78 is 8.07. The topological polar surface area (TPSA) is 31.2 Å². The summed E-state index contributed by atoms with van der Waals surface area (Å²) in [5, 5.41) is 2.42. The molecule has 0 saturated carbocycles. The predicted molar refractivity (Wildman–Crippen MR) is 104 cm³/mol. The third-order valence-corrected chi connectivity index (χ3v) is 4.99.